The first-order valence-electron chi connectivity index (χ1n) is 23.0. The maximum Gasteiger partial charge on any atom is 0.306 e. The molecule has 0 saturated carbocycles. The molecule has 0 spiro atoms. The first-order chi connectivity index (χ1) is 24.6. The molecule has 0 aliphatic carbocycles. The van der Waals surface area contributed by atoms with Crippen molar-refractivity contribution in [2.24, 2.45) is 0 Å². The number of aliphatic carboxylic acids is 1. The number of hydrogen-bond donors (Lipinski definition) is 1. The Bertz CT molecular complexity index is 677. The van der Waals surface area contributed by atoms with Crippen molar-refractivity contribution in [3.05, 3.63) is 0 Å². The van der Waals surface area contributed by atoms with Gasteiger partial charge in [-0.1, -0.05) is 239 Å². The Hall–Kier alpha value is -1.06. The Labute approximate surface area is 313 Å². The smallest absolute Gasteiger partial charge is 0.306 e. The highest BCUT2D eigenvalue weighted by molar-refractivity contribution is 5.69. The van der Waals surface area contributed by atoms with Crippen LogP contribution in [0.5, 0.6) is 0 Å². The third-order valence-corrected chi connectivity index (χ3v) is 10.8. The van der Waals surface area contributed by atoms with Crippen LogP contribution in [0.25, 0.3) is 0 Å². The van der Waals surface area contributed by atoms with Crippen molar-refractivity contribution in [1.29, 1.82) is 0 Å². The average molecular weight is 707 g/mol. The van der Waals surface area contributed by atoms with Gasteiger partial charge in [0.2, 0.25) is 0 Å². The quantitative estimate of drug-likeness (QED) is 0.0506. The number of hydrogen-bond acceptors (Lipinski definition) is 3. The zero-order valence-corrected chi connectivity index (χ0v) is 34.2. The molecule has 4 heteroatoms. The van der Waals surface area contributed by atoms with E-state index >= 15 is 0 Å². The van der Waals surface area contributed by atoms with Gasteiger partial charge in [0.1, 0.15) is 6.10 Å². The van der Waals surface area contributed by atoms with Crippen LogP contribution in [0.4, 0.5) is 0 Å². The van der Waals surface area contributed by atoms with Gasteiger partial charge in [0.25, 0.3) is 0 Å². The fourth-order valence-corrected chi connectivity index (χ4v) is 7.41. The van der Waals surface area contributed by atoms with Gasteiger partial charge in [-0.25, -0.2) is 0 Å². The van der Waals surface area contributed by atoms with Crippen LogP contribution in [-0.2, 0) is 14.3 Å². The third-order valence-electron chi connectivity index (χ3n) is 10.8. The summed E-state index contributed by atoms with van der Waals surface area (Å²) in [5.41, 5.74) is 0. The Balaban J connectivity index is 3.62. The lowest BCUT2D eigenvalue weighted by Gasteiger charge is -2.17. The second-order valence-electron chi connectivity index (χ2n) is 16.0. The predicted molar refractivity (Wildman–Crippen MR) is 218 cm³/mol. The fraction of sp³-hybridized carbons (Fsp3) is 0.957. The maximum atomic E-state index is 12.5. The lowest BCUT2D eigenvalue weighted by atomic mass is 10.0. The first kappa shape index (κ1) is 48.9. The summed E-state index contributed by atoms with van der Waals surface area (Å²) in [4.78, 5) is 23.7. The lowest BCUT2D eigenvalue weighted by Crippen LogP contribution is -2.19. The number of rotatable bonds is 43. The van der Waals surface area contributed by atoms with Crippen LogP contribution >= 0.6 is 0 Å². The highest BCUT2D eigenvalue weighted by Crippen LogP contribution is 2.19. The van der Waals surface area contributed by atoms with Gasteiger partial charge in [-0.2, -0.15) is 0 Å². The van der Waals surface area contributed by atoms with Crippen LogP contribution in [0.3, 0.4) is 0 Å². The van der Waals surface area contributed by atoms with Crippen LogP contribution in [0.15, 0.2) is 0 Å². The number of carbonyl (C=O) groups is 2. The van der Waals surface area contributed by atoms with Gasteiger partial charge in [-0.15, -0.1) is 0 Å². The molecule has 1 N–H and O–H groups in total. The summed E-state index contributed by atoms with van der Waals surface area (Å²) in [5.74, 6) is -0.933. The minimum absolute atomic E-state index is 0.0796. The molecule has 1 atom stereocenters. The summed E-state index contributed by atoms with van der Waals surface area (Å²) in [6, 6.07) is 0. The van der Waals surface area contributed by atoms with Gasteiger partial charge < -0.3 is 9.84 Å². The molecule has 0 aliphatic rings. The molecular weight excluding hydrogens is 617 g/mol. The molecule has 0 amide bonds. The zero-order valence-electron chi connectivity index (χ0n) is 34.2. The molecule has 298 valence electrons. The maximum absolute atomic E-state index is 12.5. The van der Waals surface area contributed by atoms with Crippen LogP contribution in [-0.4, -0.2) is 23.1 Å². The van der Waals surface area contributed by atoms with E-state index in [1.807, 2.05) is 0 Å². The molecule has 0 heterocycles. The summed E-state index contributed by atoms with van der Waals surface area (Å²) < 4.78 is 5.77. The van der Waals surface area contributed by atoms with E-state index in [1.165, 1.54) is 212 Å². The summed E-state index contributed by atoms with van der Waals surface area (Å²) >= 11 is 0. The first-order valence-corrected chi connectivity index (χ1v) is 23.0. The van der Waals surface area contributed by atoms with Crippen LogP contribution in [0, 0.1) is 0 Å². The molecule has 0 aromatic heterocycles. The normalized spacial score (nSPS) is 12.0. The van der Waals surface area contributed by atoms with E-state index in [2.05, 4.69) is 13.8 Å². The van der Waals surface area contributed by atoms with E-state index in [1.54, 1.807) is 0 Å². The Morgan fingerprint density at radius 3 is 0.900 bits per heavy atom. The van der Waals surface area contributed by atoms with Crippen LogP contribution in [0.1, 0.15) is 277 Å². The van der Waals surface area contributed by atoms with Gasteiger partial charge in [0, 0.05) is 12.8 Å². The van der Waals surface area contributed by atoms with Gasteiger partial charge in [-0.3, -0.25) is 9.59 Å². The Morgan fingerprint density at radius 1 is 0.360 bits per heavy atom. The van der Waals surface area contributed by atoms with Crippen molar-refractivity contribution in [2.45, 2.75) is 283 Å². The molecule has 0 radical (unpaired) electrons. The van der Waals surface area contributed by atoms with Crippen LogP contribution in [0.2, 0.25) is 0 Å². The Kier molecular flexibility index (Phi) is 41.5. The standard InChI is InChI=1S/C46H90O4/c1-3-5-7-9-11-13-15-17-19-21-23-25-27-29-31-33-35-37-39-41-46(49)50-44(42-43-45(47)48)40-38-36-34-32-30-28-26-24-22-20-18-16-14-12-10-8-6-4-2/h44H,3-43H2,1-2H3,(H,47,48). The van der Waals surface area contributed by atoms with Crippen molar-refractivity contribution in [2.75, 3.05) is 0 Å². The van der Waals surface area contributed by atoms with Gasteiger partial charge >= 0.3 is 11.9 Å². The van der Waals surface area contributed by atoms with Gasteiger partial charge in [0.15, 0.2) is 0 Å². The highest BCUT2D eigenvalue weighted by Gasteiger charge is 2.16. The number of esters is 1. The molecule has 0 saturated heterocycles. The highest BCUT2D eigenvalue weighted by atomic mass is 16.5. The van der Waals surface area contributed by atoms with Crippen LogP contribution < -0.4 is 0 Å². The number of carboxylic acids is 1. The van der Waals surface area contributed by atoms with E-state index in [0.717, 1.165) is 32.1 Å². The Morgan fingerprint density at radius 2 is 0.620 bits per heavy atom. The zero-order chi connectivity index (χ0) is 36.4. The number of unbranched alkanes of at least 4 members (excludes halogenated alkanes) is 35. The molecule has 4 nitrogen and oxygen atoms in total. The van der Waals surface area contributed by atoms with Crippen molar-refractivity contribution in [1.82, 2.24) is 0 Å². The second-order valence-corrected chi connectivity index (χ2v) is 16.0. The molecule has 0 aliphatic heterocycles. The number of ether oxygens (including phenoxy) is 1. The van der Waals surface area contributed by atoms with E-state index < -0.39 is 5.97 Å². The predicted octanol–water partition coefficient (Wildman–Crippen LogP) is 16.0. The fourth-order valence-electron chi connectivity index (χ4n) is 7.41. The van der Waals surface area contributed by atoms with E-state index in [9.17, 15) is 9.59 Å². The minimum atomic E-state index is -0.803. The molecule has 0 aromatic rings. The second kappa shape index (κ2) is 42.4. The molecule has 0 rings (SSSR count). The lowest BCUT2D eigenvalue weighted by molar-refractivity contribution is -0.151. The number of carbonyl (C=O) groups excluding carboxylic acids is 1. The van der Waals surface area contributed by atoms with Gasteiger partial charge in [-0.05, 0) is 25.7 Å². The molecule has 1 unspecified atom stereocenters. The van der Waals surface area contributed by atoms with E-state index in [4.69, 9.17) is 9.84 Å². The molecular formula is C46H90O4. The van der Waals surface area contributed by atoms with Crippen molar-refractivity contribution in [3.63, 3.8) is 0 Å². The third kappa shape index (κ3) is 41.4. The molecule has 0 bridgehead atoms. The molecule has 0 aromatic carbocycles. The molecule has 0 fully saturated rings. The largest absolute Gasteiger partial charge is 0.481 e. The summed E-state index contributed by atoms with van der Waals surface area (Å²) in [7, 11) is 0. The average Bonchev–Trinajstić information content (AvgIpc) is 3.10. The van der Waals surface area contributed by atoms with Crippen molar-refractivity contribution >= 4 is 11.9 Å². The summed E-state index contributed by atoms with van der Waals surface area (Å²) in [6.45, 7) is 4.57. The SMILES string of the molecule is CCCCCCCCCCCCCCCCCCCCCC(=O)OC(CCCCCCCCCCCCCCCCCCCC)CCC(=O)O. The van der Waals surface area contributed by atoms with Crippen molar-refractivity contribution in [3.8, 4) is 0 Å². The van der Waals surface area contributed by atoms with E-state index in [0.29, 0.717) is 12.8 Å². The summed E-state index contributed by atoms with van der Waals surface area (Å²) in [5, 5.41) is 9.16. The summed E-state index contributed by atoms with van der Waals surface area (Å²) in [6.07, 6.45) is 51.4. The van der Waals surface area contributed by atoms with E-state index in [-0.39, 0.29) is 18.5 Å². The topological polar surface area (TPSA) is 63.6 Å². The molecule has 50 heavy (non-hydrogen) atoms. The van der Waals surface area contributed by atoms with Crippen molar-refractivity contribution < 1.29 is 19.4 Å². The number of carboxylic acid groups (broad SMARTS) is 1. The van der Waals surface area contributed by atoms with Gasteiger partial charge in [0.05, 0.1) is 0 Å². The monoisotopic (exact) mass is 707 g/mol. The minimum Gasteiger partial charge on any atom is -0.481 e.